The first-order valence-electron chi connectivity index (χ1n) is 10.6. The Kier molecular flexibility index (Phi) is 7.01. The van der Waals surface area contributed by atoms with Gasteiger partial charge in [0.15, 0.2) is 17.0 Å². The summed E-state index contributed by atoms with van der Waals surface area (Å²) in [6.07, 6.45) is 6.50. The average Bonchev–Trinajstić information content (AvgIpc) is 3.06. The van der Waals surface area contributed by atoms with Gasteiger partial charge < -0.3 is 20.1 Å². The maximum atomic E-state index is 13.6. The van der Waals surface area contributed by atoms with Gasteiger partial charge in [-0.3, -0.25) is 4.79 Å². The molecule has 1 heterocycles. The van der Waals surface area contributed by atoms with Crippen molar-refractivity contribution in [2.24, 2.45) is 5.92 Å². The van der Waals surface area contributed by atoms with Crippen molar-refractivity contribution < 1.29 is 14.6 Å². The topological polar surface area (TPSA) is 61.8 Å². The first-order chi connectivity index (χ1) is 15.0. The number of carbonyl (C=O) groups excluding carboxylic acids is 1. The van der Waals surface area contributed by atoms with Gasteiger partial charge in [-0.2, -0.15) is 0 Å². The fourth-order valence-electron chi connectivity index (χ4n) is 4.35. The number of benzene rings is 2. The quantitative estimate of drug-likeness (QED) is 0.359. The molecule has 1 unspecified atom stereocenters. The molecule has 31 heavy (non-hydrogen) atoms. The summed E-state index contributed by atoms with van der Waals surface area (Å²) in [5, 5.41) is 13.7. The molecule has 1 aliphatic carbocycles. The van der Waals surface area contributed by atoms with Gasteiger partial charge in [0.05, 0.1) is 15.6 Å². The third-order valence-electron chi connectivity index (χ3n) is 5.99. The van der Waals surface area contributed by atoms with E-state index in [2.05, 4.69) is 39.7 Å². The van der Waals surface area contributed by atoms with Crippen LogP contribution in [0.25, 0.3) is 6.08 Å². The predicted molar refractivity (Wildman–Crippen MR) is 135 cm³/mol. The number of carbonyl (C=O) groups is 1. The van der Waals surface area contributed by atoms with Crippen LogP contribution in [0.3, 0.4) is 0 Å². The number of halogens is 1. The van der Waals surface area contributed by atoms with Crippen LogP contribution in [0.2, 0.25) is 0 Å². The third-order valence-corrected chi connectivity index (χ3v) is 7.93. The van der Waals surface area contributed by atoms with E-state index in [0.717, 1.165) is 30.5 Å². The highest BCUT2D eigenvalue weighted by atomic mass is 127. The normalized spacial score (nSPS) is 25.1. The van der Waals surface area contributed by atoms with E-state index in [9.17, 15) is 9.90 Å². The molecule has 2 N–H and O–H groups in total. The Labute approximate surface area is 201 Å². The highest BCUT2D eigenvalue weighted by Crippen LogP contribution is 2.43. The van der Waals surface area contributed by atoms with Crippen LogP contribution >= 0.6 is 34.4 Å². The second kappa shape index (κ2) is 9.73. The molecule has 5 nitrogen and oxygen atoms in total. The fourth-order valence-corrected chi connectivity index (χ4v) is 6.19. The van der Waals surface area contributed by atoms with E-state index in [1.54, 1.807) is 17.8 Å². The molecule has 0 bridgehead atoms. The van der Waals surface area contributed by atoms with Crippen LogP contribution in [0.4, 0.5) is 5.69 Å². The number of anilines is 1. The number of rotatable bonds is 5. The van der Waals surface area contributed by atoms with E-state index < -0.39 is 0 Å². The van der Waals surface area contributed by atoms with Crippen molar-refractivity contribution in [3.05, 3.63) is 56.5 Å². The smallest absolute Gasteiger partial charge is 0.262 e. The Morgan fingerprint density at radius 1 is 1.23 bits per heavy atom. The summed E-state index contributed by atoms with van der Waals surface area (Å²) < 4.78 is 5.98. The van der Waals surface area contributed by atoms with Crippen LogP contribution in [0, 0.1) is 9.49 Å². The Morgan fingerprint density at radius 3 is 2.68 bits per heavy atom. The second-order valence-corrected chi connectivity index (χ2v) is 10.4. The van der Waals surface area contributed by atoms with E-state index >= 15 is 0 Å². The zero-order valence-corrected chi connectivity index (χ0v) is 20.7. The van der Waals surface area contributed by atoms with Gasteiger partial charge in [-0.05, 0) is 77.3 Å². The van der Waals surface area contributed by atoms with Crippen molar-refractivity contribution in [3.8, 4) is 11.5 Å². The molecule has 0 radical (unpaired) electrons. The number of phenols is 1. The number of hydrogen-bond donors (Lipinski definition) is 2. The number of aromatic hydroxyl groups is 1. The van der Waals surface area contributed by atoms with E-state index in [1.807, 2.05) is 42.5 Å². The number of amides is 1. The summed E-state index contributed by atoms with van der Waals surface area (Å²) in [4.78, 5) is 16.3. The second-order valence-electron chi connectivity index (χ2n) is 8.08. The summed E-state index contributed by atoms with van der Waals surface area (Å²) in [5.74, 6) is 1.08. The molecule has 164 valence electrons. The van der Waals surface area contributed by atoms with Gasteiger partial charge in [-0.1, -0.05) is 49.7 Å². The Bertz CT molecular complexity index is 982. The molecule has 0 spiro atoms. The Hall–Kier alpha value is -1.87. The number of hydrogen-bond acceptors (Lipinski definition) is 5. The number of nitrogens with zero attached hydrogens (tertiary/aromatic N) is 1. The first kappa shape index (κ1) is 22.3. The summed E-state index contributed by atoms with van der Waals surface area (Å²) >= 11 is 3.63. The zero-order chi connectivity index (χ0) is 22.0. The molecule has 1 saturated carbocycles. The lowest BCUT2D eigenvalue weighted by Gasteiger charge is -2.39. The van der Waals surface area contributed by atoms with Gasteiger partial charge in [-0.15, -0.1) is 0 Å². The molecule has 1 aliphatic heterocycles. The molecule has 7 heteroatoms. The maximum absolute atomic E-state index is 13.6. The van der Waals surface area contributed by atoms with Crippen LogP contribution < -0.4 is 10.1 Å². The minimum atomic E-state index is -0.148. The average molecular weight is 550 g/mol. The van der Waals surface area contributed by atoms with E-state index in [0.29, 0.717) is 20.1 Å². The lowest BCUT2D eigenvalue weighted by Crippen LogP contribution is -2.48. The monoisotopic (exact) mass is 550 g/mol. The maximum Gasteiger partial charge on any atom is 0.262 e. The molecule has 2 aromatic rings. The van der Waals surface area contributed by atoms with E-state index in [1.165, 1.54) is 13.5 Å². The molecule has 3 atom stereocenters. The van der Waals surface area contributed by atoms with Gasteiger partial charge in [0.2, 0.25) is 0 Å². The van der Waals surface area contributed by atoms with Gasteiger partial charge in [0.1, 0.15) is 0 Å². The van der Waals surface area contributed by atoms with Crippen LogP contribution in [-0.2, 0) is 4.79 Å². The van der Waals surface area contributed by atoms with Crippen molar-refractivity contribution >= 4 is 52.0 Å². The molecular weight excluding hydrogens is 523 g/mol. The summed E-state index contributed by atoms with van der Waals surface area (Å²) in [5.41, 5.74) is 1.69. The van der Waals surface area contributed by atoms with Gasteiger partial charge in [0, 0.05) is 11.7 Å². The largest absolute Gasteiger partial charge is 0.504 e. The predicted octanol–water partition coefficient (Wildman–Crippen LogP) is 5.90. The summed E-state index contributed by atoms with van der Waals surface area (Å²) in [7, 11) is 1.53. The van der Waals surface area contributed by atoms with Crippen LogP contribution in [0.1, 0.15) is 38.2 Å². The number of ether oxygens (including phenoxy) is 1. The number of para-hydroxylation sites is 1. The SMILES string of the molecule is COc1cc(/C=C2\SC(Nc3ccccc3)N([C@@H]3CCCC[C@H]3C)C2=O)cc(I)c1O. The molecule has 1 amide bonds. The molecular formula is C24H27IN2O3S. The first-order valence-corrected chi connectivity index (χ1v) is 12.5. The number of nitrogens with one attached hydrogen (secondary N) is 1. The summed E-state index contributed by atoms with van der Waals surface area (Å²) in [6, 6.07) is 13.9. The van der Waals surface area contributed by atoms with E-state index in [4.69, 9.17) is 4.74 Å². The number of thioether (sulfide) groups is 1. The minimum Gasteiger partial charge on any atom is -0.504 e. The molecule has 4 rings (SSSR count). The molecule has 2 aliphatic rings. The molecule has 1 saturated heterocycles. The zero-order valence-electron chi connectivity index (χ0n) is 17.7. The summed E-state index contributed by atoms with van der Waals surface area (Å²) in [6.45, 7) is 2.26. The molecule has 2 fully saturated rings. The Balaban J connectivity index is 1.67. The van der Waals surface area contributed by atoms with Crippen molar-refractivity contribution in [2.75, 3.05) is 12.4 Å². The van der Waals surface area contributed by atoms with Gasteiger partial charge in [-0.25, -0.2) is 0 Å². The Morgan fingerprint density at radius 2 is 1.97 bits per heavy atom. The van der Waals surface area contributed by atoms with Gasteiger partial charge >= 0.3 is 0 Å². The van der Waals surface area contributed by atoms with Crippen LogP contribution in [-0.4, -0.2) is 34.6 Å². The third kappa shape index (κ3) is 4.82. The van der Waals surface area contributed by atoms with E-state index in [-0.39, 0.29) is 23.2 Å². The lowest BCUT2D eigenvalue weighted by atomic mass is 9.85. The standard InChI is InChI=1S/C24H27IN2O3S/c1-15-8-6-7-11-19(15)27-23(29)21(31-24(27)26-17-9-4-3-5-10-17)14-16-12-18(25)22(28)20(13-16)30-2/h3-5,9-10,12-15,19,24,26,28H,6-8,11H2,1-2H3/b21-14-/t15-,19-,24?/m1/s1. The fraction of sp³-hybridized carbons (Fsp3) is 0.375. The van der Waals surface area contributed by atoms with Crippen LogP contribution in [0.15, 0.2) is 47.4 Å². The van der Waals surface area contributed by atoms with Crippen molar-refractivity contribution in [1.29, 1.82) is 0 Å². The molecule has 0 aromatic heterocycles. The van der Waals surface area contributed by atoms with Crippen LogP contribution in [0.5, 0.6) is 11.5 Å². The van der Waals surface area contributed by atoms with Crippen molar-refractivity contribution in [2.45, 2.75) is 44.1 Å². The van der Waals surface area contributed by atoms with Gasteiger partial charge in [0.25, 0.3) is 5.91 Å². The highest BCUT2D eigenvalue weighted by molar-refractivity contribution is 14.1. The van der Waals surface area contributed by atoms with Crippen molar-refractivity contribution in [1.82, 2.24) is 4.90 Å². The minimum absolute atomic E-state index is 0.0687. The lowest BCUT2D eigenvalue weighted by molar-refractivity contribution is -0.129. The number of phenolic OH excluding ortho intramolecular Hbond substituents is 1. The highest BCUT2D eigenvalue weighted by Gasteiger charge is 2.42. The number of methoxy groups -OCH3 is 1. The molecule has 2 aromatic carbocycles. The van der Waals surface area contributed by atoms with Crippen molar-refractivity contribution in [3.63, 3.8) is 0 Å².